The fraction of sp³-hybridized carbons (Fsp3) is 0.549. The molecule has 1 aliphatic rings. The number of carboxylic acids is 7. The first-order valence-electron chi connectivity index (χ1n) is 25.7. The van der Waals surface area contributed by atoms with Gasteiger partial charge in [0.15, 0.2) is 0 Å². The number of nitrogens with one attached hydrogen (secondary N) is 4. The van der Waals surface area contributed by atoms with E-state index < -0.39 is 84.7 Å². The lowest BCUT2D eigenvalue weighted by atomic mass is 10.1. The third kappa shape index (κ3) is 27.4. The summed E-state index contributed by atoms with van der Waals surface area (Å²) in [6, 6.07) is 8.99. The van der Waals surface area contributed by atoms with Crippen LogP contribution in [-0.2, 0) is 56.2 Å². The van der Waals surface area contributed by atoms with Crippen LogP contribution >= 0.6 is 22.6 Å². The molecule has 1 aliphatic heterocycles. The first kappa shape index (κ1) is 66.3. The molecule has 28 heteroatoms. The van der Waals surface area contributed by atoms with E-state index in [1.807, 2.05) is 24.3 Å². The number of halogens is 1. The molecule has 1 unspecified atom stereocenters. The van der Waals surface area contributed by atoms with Gasteiger partial charge in [-0.05, 0) is 103 Å². The number of carbonyl (C=O) groups is 11. The molecule has 3 atom stereocenters. The highest BCUT2D eigenvalue weighted by molar-refractivity contribution is 14.1. The summed E-state index contributed by atoms with van der Waals surface area (Å²) in [6.45, 7) is 0.768. The number of hydrogen-bond acceptors (Lipinski definition) is 15. The van der Waals surface area contributed by atoms with Crippen LogP contribution in [0.15, 0.2) is 48.5 Å². The van der Waals surface area contributed by atoms with Gasteiger partial charge in [0.1, 0.15) is 18.1 Å². The van der Waals surface area contributed by atoms with Crippen molar-refractivity contribution in [1.82, 2.24) is 45.8 Å². The predicted molar refractivity (Wildman–Crippen MR) is 289 cm³/mol. The summed E-state index contributed by atoms with van der Waals surface area (Å²) in [7, 11) is 0. The van der Waals surface area contributed by atoms with Crippen LogP contribution in [0.1, 0.15) is 85.7 Å². The molecule has 0 radical (unpaired) electrons. The standard InChI is InChI=1S/C51H72IN9O18/c52-37-13-9-35(10-14-37)30-61(20-4-2-5-38(48(73)74)55-51(79)56-39(49(75)76)15-18-43(64)65)47(72)36-11-7-34(8-12-36)29-54-41(62)6-1-3-19-53-42(63)17-16-40(50(77)78)60-27-25-58(32-45(68)69)23-21-57(31-44(66)67)22-24-59(26-28-60)33-46(70)71/h7-14,38-40H,1-6,15-33H2,(H,53,63)(H,54,62)(H,64,65)(H,66,67)(H,68,69)(H,70,71)(H,73,74)(H,75,76)(H,77,78)(H2,55,56,79)/t38-,39-,40?/m0/s1. The van der Waals surface area contributed by atoms with Gasteiger partial charge in [-0.25, -0.2) is 14.4 Å². The highest BCUT2D eigenvalue weighted by Crippen LogP contribution is 2.17. The Kier molecular flexibility index (Phi) is 29.8. The smallest absolute Gasteiger partial charge is 0.326 e. The van der Waals surface area contributed by atoms with Crippen molar-refractivity contribution in [2.24, 2.45) is 0 Å². The monoisotopic (exact) mass is 1230 g/mol. The van der Waals surface area contributed by atoms with Crippen molar-refractivity contribution in [1.29, 1.82) is 0 Å². The van der Waals surface area contributed by atoms with Crippen molar-refractivity contribution in [2.45, 2.75) is 95.4 Å². The molecule has 1 heterocycles. The van der Waals surface area contributed by atoms with E-state index in [2.05, 4.69) is 43.9 Å². The molecule has 0 spiro atoms. The Labute approximate surface area is 469 Å². The third-order valence-corrected chi connectivity index (χ3v) is 13.5. The lowest BCUT2D eigenvalue weighted by molar-refractivity contribution is -0.145. The summed E-state index contributed by atoms with van der Waals surface area (Å²) in [6.07, 6.45) is 0.319. The van der Waals surface area contributed by atoms with Gasteiger partial charge in [-0.1, -0.05) is 24.3 Å². The summed E-state index contributed by atoms with van der Waals surface area (Å²) in [5.41, 5.74) is 1.91. The first-order chi connectivity index (χ1) is 37.5. The number of aliphatic carboxylic acids is 7. The second-order valence-electron chi connectivity index (χ2n) is 18.9. The van der Waals surface area contributed by atoms with E-state index in [0.717, 1.165) is 9.13 Å². The van der Waals surface area contributed by atoms with E-state index in [1.165, 1.54) is 0 Å². The Balaban J connectivity index is 1.49. The normalized spacial score (nSPS) is 15.2. The first-order valence-corrected chi connectivity index (χ1v) is 26.8. The Bertz CT molecular complexity index is 2350. The van der Waals surface area contributed by atoms with Crippen LogP contribution in [0.4, 0.5) is 4.79 Å². The topological polar surface area (TPSA) is 394 Å². The quantitative estimate of drug-likeness (QED) is 0.0347. The molecule has 436 valence electrons. The predicted octanol–water partition coefficient (Wildman–Crippen LogP) is 0.786. The fourth-order valence-corrected chi connectivity index (χ4v) is 8.82. The van der Waals surface area contributed by atoms with E-state index in [4.69, 9.17) is 5.11 Å². The largest absolute Gasteiger partial charge is 0.481 e. The molecule has 2 aromatic carbocycles. The minimum atomic E-state index is -1.55. The average Bonchev–Trinajstić information content (AvgIpc) is 3.37. The molecule has 79 heavy (non-hydrogen) atoms. The van der Waals surface area contributed by atoms with Crippen LogP contribution in [0.25, 0.3) is 0 Å². The van der Waals surface area contributed by atoms with Gasteiger partial charge in [0.2, 0.25) is 11.8 Å². The van der Waals surface area contributed by atoms with Gasteiger partial charge in [-0.2, -0.15) is 0 Å². The van der Waals surface area contributed by atoms with Gasteiger partial charge in [0, 0.05) is 107 Å². The van der Waals surface area contributed by atoms with Crippen LogP contribution < -0.4 is 21.3 Å². The SMILES string of the molecule is O=C(O)CC[C@H](NC(=O)N[C@@H](CCCCN(Cc1ccc(I)cc1)C(=O)c1ccc(CNC(=O)CCCCNC(=O)CCC(C(=O)O)N2CCN(CC(=O)O)CCN(CC(=O)O)CCN(CC(=O)O)CC2)cc1)C(=O)O)C(=O)O. The number of hydrogen-bond donors (Lipinski definition) is 11. The van der Waals surface area contributed by atoms with E-state index in [1.54, 1.807) is 48.8 Å². The van der Waals surface area contributed by atoms with Gasteiger partial charge in [0.25, 0.3) is 5.91 Å². The van der Waals surface area contributed by atoms with Gasteiger partial charge in [-0.15, -0.1) is 0 Å². The molecule has 3 rings (SSSR count). The van der Waals surface area contributed by atoms with Crippen molar-refractivity contribution in [3.63, 3.8) is 0 Å². The van der Waals surface area contributed by atoms with Crippen molar-refractivity contribution >= 4 is 88.1 Å². The molecule has 0 saturated carbocycles. The molecule has 0 aliphatic carbocycles. The van der Waals surface area contributed by atoms with Gasteiger partial charge in [-0.3, -0.25) is 58.0 Å². The zero-order valence-corrected chi connectivity index (χ0v) is 45.9. The summed E-state index contributed by atoms with van der Waals surface area (Å²) in [5.74, 6) is -9.67. The number of nitrogens with zero attached hydrogens (tertiary/aromatic N) is 5. The Hall–Kier alpha value is -7.02. The number of unbranched alkanes of at least 4 members (excludes halogenated alkanes) is 2. The molecule has 5 amide bonds. The average molecular weight is 1230 g/mol. The maximum atomic E-state index is 13.9. The van der Waals surface area contributed by atoms with E-state index in [0.29, 0.717) is 30.4 Å². The number of benzene rings is 2. The molecule has 11 N–H and O–H groups in total. The summed E-state index contributed by atoms with van der Waals surface area (Å²) >= 11 is 2.16. The molecule has 0 bridgehead atoms. The lowest BCUT2D eigenvalue weighted by Crippen LogP contribution is -2.52. The third-order valence-electron chi connectivity index (χ3n) is 12.8. The lowest BCUT2D eigenvalue weighted by Gasteiger charge is -2.35. The van der Waals surface area contributed by atoms with Crippen LogP contribution in [0.5, 0.6) is 0 Å². The molecular weight excluding hydrogens is 1150 g/mol. The van der Waals surface area contributed by atoms with Crippen molar-refractivity contribution in [3.05, 3.63) is 68.8 Å². The van der Waals surface area contributed by atoms with E-state index >= 15 is 0 Å². The minimum absolute atomic E-state index is 0.0563. The number of urea groups is 1. The highest BCUT2D eigenvalue weighted by Gasteiger charge is 2.30. The minimum Gasteiger partial charge on any atom is -0.481 e. The summed E-state index contributed by atoms with van der Waals surface area (Å²) < 4.78 is 0.989. The maximum absolute atomic E-state index is 13.9. The highest BCUT2D eigenvalue weighted by atomic mass is 127. The Morgan fingerprint density at radius 1 is 0.506 bits per heavy atom. The van der Waals surface area contributed by atoms with Gasteiger partial charge < -0.3 is 61.9 Å². The van der Waals surface area contributed by atoms with Crippen LogP contribution in [0, 0.1) is 3.57 Å². The van der Waals surface area contributed by atoms with Crippen LogP contribution in [0.3, 0.4) is 0 Å². The molecular formula is C51H72IN9O18. The second kappa shape index (κ2) is 35.5. The zero-order chi connectivity index (χ0) is 58.4. The summed E-state index contributed by atoms with van der Waals surface area (Å²) in [5, 5.41) is 76.5. The number of carboxylic acid groups (broad SMARTS) is 7. The number of rotatable bonds is 33. The van der Waals surface area contributed by atoms with Crippen LogP contribution in [0.2, 0.25) is 0 Å². The van der Waals surface area contributed by atoms with E-state index in [9.17, 15) is 83.4 Å². The zero-order valence-electron chi connectivity index (χ0n) is 43.8. The Morgan fingerprint density at radius 2 is 1.00 bits per heavy atom. The molecule has 1 fully saturated rings. The van der Waals surface area contributed by atoms with Crippen LogP contribution in [-0.4, -0.2) is 229 Å². The Morgan fingerprint density at radius 3 is 1.49 bits per heavy atom. The van der Waals surface area contributed by atoms with Crippen molar-refractivity contribution in [3.8, 4) is 0 Å². The van der Waals surface area contributed by atoms with E-state index in [-0.39, 0.29) is 142 Å². The molecule has 1 saturated heterocycles. The fourth-order valence-electron chi connectivity index (χ4n) is 8.46. The molecule has 2 aromatic rings. The second-order valence-corrected chi connectivity index (χ2v) is 20.1. The van der Waals surface area contributed by atoms with Gasteiger partial charge >= 0.3 is 47.8 Å². The summed E-state index contributed by atoms with van der Waals surface area (Å²) in [4.78, 5) is 142. The number of amides is 5. The molecule has 0 aromatic heterocycles. The van der Waals surface area contributed by atoms with Crippen molar-refractivity contribution < 1.29 is 88.5 Å². The van der Waals surface area contributed by atoms with Crippen molar-refractivity contribution in [2.75, 3.05) is 85.1 Å². The number of carbonyl (C=O) groups excluding carboxylic acids is 4. The maximum Gasteiger partial charge on any atom is 0.326 e. The van der Waals surface area contributed by atoms with Gasteiger partial charge in [0.05, 0.1) is 19.6 Å². The molecule has 27 nitrogen and oxygen atoms in total.